The Hall–Kier alpha value is -2.46. The fourth-order valence-electron chi connectivity index (χ4n) is 2.93. The molecule has 166 valence electrons. The summed E-state index contributed by atoms with van der Waals surface area (Å²) < 4.78 is 21.8. The summed E-state index contributed by atoms with van der Waals surface area (Å²) in [6.45, 7) is 8.60. The zero-order chi connectivity index (χ0) is 22.4. The Balaban J connectivity index is 1.80. The highest BCUT2D eigenvalue weighted by atomic mass is 32.2. The number of nitrogens with one attached hydrogen (secondary N) is 1. The van der Waals surface area contributed by atoms with Gasteiger partial charge in [0, 0.05) is 18.1 Å². The van der Waals surface area contributed by atoms with Gasteiger partial charge in [-0.1, -0.05) is 44.7 Å². The quantitative estimate of drug-likeness (QED) is 0.417. The largest absolute Gasteiger partial charge is 0.480 e. The van der Waals surface area contributed by atoms with E-state index in [2.05, 4.69) is 34.3 Å². The molecule has 0 saturated heterocycles. The first-order chi connectivity index (χ1) is 14.9. The van der Waals surface area contributed by atoms with Crippen molar-refractivity contribution >= 4 is 34.1 Å². The predicted molar refractivity (Wildman–Crippen MR) is 121 cm³/mol. The summed E-state index contributed by atoms with van der Waals surface area (Å²) in [4.78, 5) is 16.8. The van der Waals surface area contributed by atoms with Crippen LogP contribution in [-0.4, -0.2) is 30.9 Å². The molecule has 2 heterocycles. The van der Waals surface area contributed by atoms with Crippen molar-refractivity contribution in [2.75, 3.05) is 5.32 Å². The number of amides is 1. The number of aromatic nitrogens is 4. The summed E-state index contributed by atoms with van der Waals surface area (Å²) in [6, 6.07) is 6.28. The number of thioether (sulfide) groups is 1. The molecule has 0 bridgehead atoms. The molecule has 2 atom stereocenters. The lowest BCUT2D eigenvalue weighted by Crippen LogP contribution is -2.25. The molecule has 0 aliphatic carbocycles. The Kier molecular flexibility index (Phi) is 8.03. The number of anilines is 1. The maximum atomic E-state index is 14.0. The number of carbonyl (C=O) groups excluding carboxylic acids is 1. The van der Waals surface area contributed by atoms with E-state index in [1.54, 1.807) is 24.4 Å². The van der Waals surface area contributed by atoms with Crippen LogP contribution >= 0.6 is 23.1 Å². The summed E-state index contributed by atoms with van der Waals surface area (Å²) in [5.41, 5.74) is 0. The van der Waals surface area contributed by atoms with E-state index in [9.17, 15) is 9.18 Å². The Morgan fingerprint density at radius 3 is 2.71 bits per heavy atom. The van der Waals surface area contributed by atoms with Crippen LogP contribution in [0.5, 0.6) is 5.75 Å². The van der Waals surface area contributed by atoms with Crippen LogP contribution in [0.25, 0.3) is 0 Å². The molecular weight excluding hydrogens is 437 g/mol. The lowest BCUT2D eigenvalue weighted by atomic mass is 10.2. The second kappa shape index (κ2) is 10.7. The van der Waals surface area contributed by atoms with Gasteiger partial charge < -0.3 is 14.6 Å². The molecule has 0 fully saturated rings. The molecule has 1 aromatic carbocycles. The van der Waals surface area contributed by atoms with Gasteiger partial charge in [0.15, 0.2) is 33.8 Å². The van der Waals surface area contributed by atoms with Crippen molar-refractivity contribution in [3.63, 3.8) is 0 Å². The fraction of sp³-hybridized carbons (Fsp3) is 0.429. The van der Waals surface area contributed by atoms with Gasteiger partial charge in [-0.15, -0.1) is 21.5 Å². The van der Waals surface area contributed by atoms with E-state index >= 15 is 0 Å². The first-order valence-corrected chi connectivity index (χ1v) is 11.9. The number of hydrogen-bond donors (Lipinski definition) is 1. The van der Waals surface area contributed by atoms with Crippen LogP contribution in [-0.2, 0) is 11.3 Å². The summed E-state index contributed by atoms with van der Waals surface area (Å²) in [7, 11) is 0. The van der Waals surface area contributed by atoms with Crippen molar-refractivity contribution in [2.24, 2.45) is 5.92 Å². The highest BCUT2D eigenvalue weighted by molar-refractivity contribution is 8.00. The second-order valence-electron chi connectivity index (χ2n) is 7.38. The fourth-order valence-corrected chi connectivity index (χ4v) is 4.43. The van der Waals surface area contributed by atoms with Gasteiger partial charge in [-0.05, 0) is 31.4 Å². The van der Waals surface area contributed by atoms with Gasteiger partial charge >= 0.3 is 0 Å². The molecule has 31 heavy (non-hydrogen) atoms. The maximum Gasteiger partial charge on any atom is 0.239 e. The Morgan fingerprint density at radius 1 is 1.29 bits per heavy atom. The third kappa shape index (κ3) is 6.04. The maximum absolute atomic E-state index is 14.0. The Bertz CT molecular complexity index is 994. The smallest absolute Gasteiger partial charge is 0.239 e. The van der Waals surface area contributed by atoms with E-state index < -0.39 is 11.9 Å². The minimum absolute atomic E-state index is 0.126. The van der Waals surface area contributed by atoms with Gasteiger partial charge in [-0.25, -0.2) is 9.37 Å². The number of ether oxygens (including phenoxy) is 1. The van der Waals surface area contributed by atoms with Crippen molar-refractivity contribution in [1.82, 2.24) is 19.7 Å². The molecule has 1 N–H and O–H groups in total. The van der Waals surface area contributed by atoms with E-state index in [1.165, 1.54) is 29.2 Å². The first-order valence-electron chi connectivity index (χ1n) is 10.1. The van der Waals surface area contributed by atoms with Crippen LogP contribution in [0.2, 0.25) is 0 Å². The normalized spacial score (nSPS) is 13.2. The van der Waals surface area contributed by atoms with Gasteiger partial charge in [0.05, 0.1) is 5.25 Å². The molecule has 0 spiro atoms. The third-order valence-corrected chi connectivity index (χ3v) is 6.40. The van der Waals surface area contributed by atoms with Crippen molar-refractivity contribution in [2.45, 2.75) is 57.2 Å². The summed E-state index contributed by atoms with van der Waals surface area (Å²) in [5, 5.41) is 14.2. The Morgan fingerprint density at radius 2 is 2.06 bits per heavy atom. The van der Waals surface area contributed by atoms with Gasteiger partial charge in [0.2, 0.25) is 5.91 Å². The van der Waals surface area contributed by atoms with Crippen LogP contribution in [0.4, 0.5) is 9.52 Å². The molecule has 0 aliphatic heterocycles. The lowest BCUT2D eigenvalue weighted by Gasteiger charge is -2.19. The zero-order valence-electron chi connectivity index (χ0n) is 17.9. The average Bonchev–Trinajstić information content (AvgIpc) is 3.37. The molecule has 0 radical (unpaired) electrons. The van der Waals surface area contributed by atoms with E-state index in [4.69, 9.17) is 4.74 Å². The summed E-state index contributed by atoms with van der Waals surface area (Å²) in [6.07, 6.45) is 1.76. The number of hydrogen-bond acceptors (Lipinski definition) is 7. The molecule has 3 aromatic rings. The monoisotopic (exact) mass is 463 g/mol. The number of para-hydroxylation sites is 1. The van der Waals surface area contributed by atoms with Crippen molar-refractivity contribution < 1.29 is 13.9 Å². The number of nitrogens with zero attached hydrogens (tertiary/aromatic N) is 4. The number of benzene rings is 1. The van der Waals surface area contributed by atoms with E-state index in [0.717, 1.165) is 0 Å². The predicted octanol–water partition coefficient (Wildman–Crippen LogP) is 5.18. The van der Waals surface area contributed by atoms with Crippen LogP contribution in [0, 0.1) is 11.7 Å². The molecule has 2 aromatic heterocycles. The van der Waals surface area contributed by atoms with Crippen molar-refractivity contribution in [3.8, 4) is 5.75 Å². The van der Waals surface area contributed by atoms with E-state index in [1.807, 2.05) is 23.8 Å². The Labute approximate surface area is 189 Å². The topological polar surface area (TPSA) is 81.9 Å². The molecular formula is C21H26FN5O2S2. The SMILES string of the molecule is CCC(Sc1nnc(C(C)Oc2ccccc2F)n1CC(C)C)C(=O)Nc1nccs1. The number of carbonyl (C=O) groups is 1. The molecule has 2 unspecified atom stereocenters. The zero-order valence-corrected chi connectivity index (χ0v) is 19.5. The standard InChI is InChI=1S/C21H26FN5O2S2/c1-5-17(19(28)24-20-23-10-11-30-20)31-21-26-25-18(27(21)12-13(2)3)14(4)29-16-9-7-6-8-15(16)22/h6-11,13-14,17H,5,12H2,1-4H3,(H,23,24,28). The molecule has 0 aliphatic rings. The van der Waals surface area contributed by atoms with E-state index in [0.29, 0.717) is 35.0 Å². The molecule has 1 amide bonds. The van der Waals surface area contributed by atoms with Crippen molar-refractivity contribution in [1.29, 1.82) is 0 Å². The van der Waals surface area contributed by atoms with Gasteiger partial charge in [0.1, 0.15) is 0 Å². The lowest BCUT2D eigenvalue weighted by molar-refractivity contribution is -0.115. The number of rotatable bonds is 10. The third-order valence-electron chi connectivity index (χ3n) is 4.37. The average molecular weight is 464 g/mol. The molecule has 7 nitrogen and oxygen atoms in total. The van der Waals surface area contributed by atoms with Gasteiger partial charge in [-0.3, -0.25) is 4.79 Å². The minimum Gasteiger partial charge on any atom is -0.480 e. The summed E-state index contributed by atoms with van der Waals surface area (Å²) in [5.74, 6) is 0.522. The molecule has 0 saturated carbocycles. The second-order valence-corrected chi connectivity index (χ2v) is 9.44. The van der Waals surface area contributed by atoms with Gasteiger partial charge in [0.25, 0.3) is 0 Å². The van der Waals surface area contributed by atoms with Crippen LogP contribution < -0.4 is 10.1 Å². The number of halogens is 1. The van der Waals surface area contributed by atoms with Crippen molar-refractivity contribution in [3.05, 3.63) is 47.5 Å². The number of thiazole rings is 1. The van der Waals surface area contributed by atoms with Crippen LogP contribution in [0.3, 0.4) is 0 Å². The molecule has 3 rings (SSSR count). The first kappa shape index (κ1) is 23.2. The summed E-state index contributed by atoms with van der Waals surface area (Å²) >= 11 is 2.73. The highest BCUT2D eigenvalue weighted by Gasteiger charge is 2.26. The highest BCUT2D eigenvalue weighted by Crippen LogP contribution is 2.30. The van der Waals surface area contributed by atoms with Crippen LogP contribution in [0.1, 0.15) is 46.0 Å². The molecule has 10 heteroatoms. The van der Waals surface area contributed by atoms with Crippen LogP contribution in [0.15, 0.2) is 41.0 Å². The van der Waals surface area contributed by atoms with E-state index in [-0.39, 0.29) is 16.9 Å². The minimum atomic E-state index is -0.512. The van der Waals surface area contributed by atoms with Gasteiger partial charge in [-0.2, -0.15) is 0 Å².